The largest absolute Gasteiger partial charge is 0.366 e. The van der Waals surface area contributed by atoms with Crippen LogP contribution in [-0.2, 0) is 17.8 Å². The maximum Gasteiger partial charge on any atom is 0.253 e. The number of benzene rings is 2. The monoisotopic (exact) mass is 433 g/mol. The lowest BCUT2D eigenvalue weighted by Crippen LogP contribution is -2.33. The predicted molar refractivity (Wildman–Crippen MR) is 130 cm³/mol. The van der Waals surface area contributed by atoms with Gasteiger partial charge in [0.05, 0.1) is 5.56 Å². The number of amides is 2. The lowest BCUT2D eigenvalue weighted by atomic mass is 9.98. The molecule has 2 amide bonds. The Hall–Kier alpha value is -2.82. The van der Waals surface area contributed by atoms with Crippen LogP contribution in [0.5, 0.6) is 0 Å². The Morgan fingerprint density at radius 1 is 1.00 bits per heavy atom. The molecule has 2 aromatic rings. The van der Waals surface area contributed by atoms with Crippen LogP contribution in [0.15, 0.2) is 42.5 Å². The second kappa shape index (κ2) is 10.7. The van der Waals surface area contributed by atoms with Gasteiger partial charge < -0.3 is 15.5 Å². The molecule has 0 radical (unpaired) electrons. The van der Waals surface area contributed by atoms with Crippen molar-refractivity contribution in [3.8, 4) is 0 Å². The number of nitrogens with zero attached hydrogens (tertiary/aromatic N) is 1. The number of hydrogen-bond donors (Lipinski definition) is 2. The summed E-state index contributed by atoms with van der Waals surface area (Å²) in [5, 5.41) is 6.13. The van der Waals surface area contributed by atoms with E-state index in [0.29, 0.717) is 23.7 Å². The SMILES string of the molecule is CCCCCCCC(=O)Nc1ccc(N2CCc3ccccc3C2)c(C(=O)NC2CC2)c1. The van der Waals surface area contributed by atoms with Gasteiger partial charge in [-0.1, -0.05) is 56.9 Å². The highest BCUT2D eigenvalue weighted by Crippen LogP contribution is 2.30. The highest BCUT2D eigenvalue weighted by atomic mass is 16.2. The third-order valence-corrected chi connectivity index (χ3v) is 6.42. The molecule has 2 N–H and O–H groups in total. The smallest absolute Gasteiger partial charge is 0.253 e. The molecule has 2 aromatic carbocycles. The summed E-state index contributed by atoms with van der Waals surface area (Å²) in [6, 6.07) is 14.6. The lowest BCUT2D eigenvalue weighted by Gasteiger charge is -2.32. The van der Waals surface area contributed by atoms with Crippen molar-refractivity contribution in [1.29, 1.82) is 0 Å². The van der Waals surface area contributed by atoms with Gasteiger partial charge in [0.15, 0.2) is 0 Å². The van der Waals surface area contributed by atoms with Crippen molar-refractivity contribution in [2.24, 2.45) is 0 Å². The zero-order valence-electron chi connectivity index (χ0n) is 19.2. The van der Waals surface area contributed by atoms with Crippen LogP contribution in [0.3, 0.4) is 0 Å². The molecule has 4 rings (SSSR count). The first-order valence-electron chi connectivity index (χ1n) is 12.2. The second-order valence-corrected chi connectivity index (χ2v) is 9.13. The molecule has 170 valence electrons. The molecular weight excluding hydrogens is 398 g/mol. The van der Waals surface area contributed by atoms with Crippen molar-refractivity contribution >= 4 is 23.2 Å². The van der Waals surface area contributed by atoms with Gasteiger partial charge in [-0.25, -0.2) is 0 Å². The molecule has 0 spiro atoms. The van der Waals surface area contributed by atoms with Crippen LogP contribution in [0.25, 0.3) is 0 Å². The minimum Gasteiger partial charge on any atom is -0.366 e. The van der Waals surface area contributed by atoms with E-state index >= 15 is 0 Å². The minimum absolute atomic E-state index is 0.0229. The fourth-order valence-electron chi connectivity index (χ4n) is 4.38. The first-order chi connectivity index (χ1) is 15.6. The van der Waals surface area contributed by atoms with Gasteiger partial charge in [0, 0.05) is 36.9 Å². The zero-order chi connectivity index (χ0) is 22.3. The Morgan fingerprint density at radius 3 is 2.56 bits per heavy atom. The average Bonchev–Trinajstić information content (AvgIpc) is 3.62. The summed E-state index contributed by atoms with van der Waals surface area (Å²) < 4.78 is 0. The Kier molecular flexibility index (Phi) is 7.46. The van der Waals surface area contributed by atoms with E-state index in [1.54, 1.807) is 0 Å². The molecule has 5 heteroatoms. The summed E-state index contributed by atoms with van der Waals surface area (Å²) in [4.78, 5) is 27.8. The topological polar surface area (TPSA) is 61.4 Å². The van der Waals surface area contributed by atoms with Crippen LogP contribution >= 0.6 is 0 Å². The first-order valence-corrected chi connectivity index (χ1v) is 12.2. The number of unbranched alkanes of at least 4 members (excludes halogenated alkanes) is 4. The Morgan fingerprint density at radius 2 is 1.78 bits per heavy atom. The summed E-state index contributed by atoms with van der Waals surface area (Å²) in [5.41, 5.74) is 4.99. The Balaban J connectivity index is 1.47. The average molecular weight is 434 g/mol. The van der Waals surface area contributed by atoms with E-state index in [0.717, 1.165) is 50.9 Å². The van der Waals surface area contributed by atoms with Gasteiger partial charge in [-0.05, 0) is 55.0 Å². The van der Waals surface area contributed by atoms with E-state index in [1.807, 2.05) is 18.2 Å². The zero-order valence-corrected chi connectivity index (χ0v) is 19.2. The van der Waals surface area contributed by atoms with Crippen LogP contribution in [0.4, 0.5) is 11.4 Å². The van der Waals surface area contributed by atoms with E-state index in [4.69, 9.17) is 0 Å². The third kappa shape index (κ3) is 5.90. The number of fused-ring (bicyclic) bond motifs is 1. The summed E-state index contributed by atoms with van der Waals surface area (Å²) in [7, 11) is 0. The molecular formula is C27H35N3O2. The molecule has 0 bridgehead atoms. The first kappa shape index (κ1) is 22.4. The van der Waals surface area contributed by atoms with Crippen molar-refractivity contribution in [2.45, 2.75) is 77.3 Å². The summed E-state index contributed by atoms with van der Waals surface area (Å²) in [6.07, 6.45) is 9.20. The molecule has 1 heterocycles. The van der Waals surface area contributed by atoms with Gasteiger partial charge in [0.2, 0.25) is 5.91 Å². The minimum atomic E-state index is -0.0444. The van der Waals surface area contributed by atoms with Crippen LogP contribution in [0.2, 0.25) is 0 Å². The number of anilines is 2. The van der Waals surface area contributed by atoms with E-state index in [2.05, 4.69) is 46.7 Å². The van der Waals surface area contributed by atoms with Crippen molar-refractivity contribution in [1.82, 2.24) is 5.32 Å². The Bertz CT molecular complexity index is 952. The van der Waals surface area contributed by atoms with Crippen molar-refractivity contribution < 1.29 is 9.59 Å². The van der Waals surface area contributed by atoms with E-state index in [-0.39, 0.29) is 11.8 Å². The third-order valence-electron chi connectivity index (χ3n) is 6.42. The number of nitrogens with one attached hydrogen (secondary N) is 2. The molecule has 0 saturated heterocycles. The van der Waals surface area contributed by atoms with Gasteiger partial charge in [0.25, 0.3) is 5.91 Å². The molecule has 32 heavy (non-hydrogen) atoms. The number of hydrogen-bond acceptors (Lipinski definition) is 3. The van der Waals surface area contributed by atoms with Crippen LogP contribution in [0.1, 0.15) is 79.8 Å². The fraction of sp³-hybridized carbons (Fsp3) is 0.481. The molecule has 1 aliphatic heterocycles. The molecule has 0 atom stereocenters. The van der Waals surface area contributed by atoms with Gasteiger partial charge in [-0.15, -0.1) is 0 Å². The summed E-state index contributed by atoms with van der Waals surface area (Å²) in [6.45, 7) is 3.86. The van der Waals surface area contributed by atoms with Gasteiger partial charge in [0.1, 0.15) is 0 Å². The van der Waals surface area contributed by atoms with Crippen LogP contribution in [-0.4, -0.2) is 24.4 Å². The number of carbonyl (C=O) groups excluding carboxylic acids is 2. The van der Waals surface area contributed by atoms with E-state index in [9.17, 15) is 9.59 Å². The molecule has 1 saturated carbocycles. The number of carbonyl (C=O) groups is 2. The quantitative estimate of drug-likeness (QED) is 0.491. The normalized spacial score (nSPS) is 15.2. The summed E-state index contributed by atoms with van der Waals surface area (Å²) in [5.74, 6) is -0.0216. The van der Waals surface area contributed by atoms with Gasteiger partial charge >= 0.3 is 0 Å². The van der Waals surface area contributed by atoms with E-state index < -0.39 is 0 Å². The second-order valence-electron chi connectivity index (χ2n) is 9.13. The molecule has 0 unspecified atom stereocenters. The standard InChI is InChI=1S/C27H35N3O2/c1-2-3-4-5-6-11-26(31)28-23-14-15-25(24(18-23)27(32)29-22-12-13-22)30-17-16-20-9-7-8-10-21(20)19-30/h7-10,14-15,18,22H,2-6,11-13,16-17,19H2,1H3,(H,28,31)(H,29,32). The molecule has 0 aromatic heterocycles. The van der Waals surface area contributed by atoms with Gasteiger partial charge in [-0.3, -0.25) is 9.59 Å². The predicted octanol–water partition coefficient (Wildman–Crippen LogP) is 5.44. The van der Waals surface area contributed by atoms with Gasteiger partial charge in [-0.2, -0.15) is 0 Å². The molecule has 1 fully saturated rings. The van der Waals surface area contributed by atoms with Crippen LogP contribution < -0.4 is 15.5 Å². The Labute approximate surface area is 191 Å². The molecule has 2 aliphatic rings. The van der Waals surface area contributed by atoms with Crippen molar-refractivity contribution in [3.63, 3.8) is 0 Å². The summed E-state index contributed by atoms with van der Waals surface area (Å²) >= 11 is 0. The highest BCUT2D eigenvalue weighted by molar-refractivity contribution is 6.02. The maximum absolute atomic E-state index is 13.1. The highest BCUT2D eigenvalue weighted by Gasteiger charge is 2.27. The molecule has 1 aliphatic carbocycles. The molecule has 5 nitrogen and oxygen atoms in total. The van der Waals surface area contributed by atoms with Crippen LogP contribution in [0, 0.1) is 0 Å². The van der Waals surface area contributed by atoms with Crippen molar-refractivity contribution in [2.75, 3.05) is 16.8 Å². The number of rotatable bonds is 10. The lowest BCUT2D eigenvalue weighted by molar-refractivity contribution is -0.116. The van der Waals surface area contributed by atoms with E-state index in [1.165, 1.54) is 30.4 Å². The maximum atomic E-state index is 13.1. The van der Waals surface area contributed by atoms with Crippen molar-refractivity contribution in [3.05, 3.63) is 59.2 Å². The fourth-order valence-corrected chi connectivity index (χ4v) is 4.38.